The number of hydrogen-bond donors (Lipinski definition) is 2. The maximum atomic E-state index is 12.0. The summed E-state index contributed by atoms with van der Waals surface area (Å²) < 4.78 is 5.17. The summed E-state index contributed by atoms with van der Waals surface area (Å²) in [7, 11) is 2.08. The van der Waals surface area contributed by atoms with Gasteiger partial charge >= 0.3 is 6.09 Å². The molecule has 0 bridgehead atoms. The zero-order valence-electron chi connectivity index (χ0n) is 15.2. The molecule has 3 aromatic rings. The highest BCUT2D eigenvalue weighted by Gasteiger charge is 2.27. The van der Waals surface area contributed by atoms with Crippen molar-refractivity contribution in [3.63, 3.8) is 0 Å². The lowest BCUT2D eigenvalue weighted by Crippen LogP contribution is -2.31. The summed E-state index contributed by atoms with van der Waals surface area (Å²) in [5, 5.41) is 4.07. The quantitative estimate of drug-likeness (QED) is 0.592. The minimum Gasteiger partial charge on any atom is -0.408 e. The molecule has 1 unspecified atom stereocenters. The molecule has 0 saturated carbocycles. The van der Waals surface area contributed by atoms with E-state index in [0.717, 1.165) is 29.8 Å². The van der Waals surface area contributed by atoms with Crippen molar-refractivity contribution in [1.82, 2.24) is 9.88 Å². The lowest BCUT2D eigenvalue weighted by Gasteiger charge is -2.33. The third-order valence-electron chi connectivity index (χ3n) is 4.83. The lowest BCUT2D eigenvalue weighted by atomic mass is 9.85. The number of ether oxygens (including phenoxy) is 1. The van der Waals surface area contributed by atoms with E-state index in [1.54, 1.807) is 24.5 Å². The molecule has 5 nitrogen and oxygen atoms in total. The van der Waals surface area contributed by atoms with Crippen LogP contribution in [0.15, 0.2) is 54.9 Å². The molecule has 0 radical (unpaired) electrons. The molecule has 2 heterocycles. The van der Waals surface area contributed by atoms with Crippen molar-refractivity contribution in [1.29, 1.82) is 0 Å². The lowest BCUT2D eigenvalue weighted by molar-refractivity contribution is 0.215. The van der Waals surface area contributed by atoms with Gasteiger partial charge in [0.15, 0.2) is 0 Å². The molecular formula is C21H19Cl2N3O2. The van der Waals surface area contributed by atoms with Gasteiger partial charge in [-0.15, -0.1) is 0 Å². The normalized spacial score (nSPS) is 16.5. The summed E-state index contributed by atoms with van der Waals surface area (Å²) >= 11 is 12.7. The van der Waals surface area contributed by atoms with Gasteiger partial charge in [-0.1, -0.05) is 35.3 Å². The number of hydrogen-bond acceptors (Lipinski definition) is 3. The second-order valence-corrected chi connectivity index (χ2v) is 7.73. The van der Waals surface area contributed by atoms with Gasteiger partial charge in [0.25, 0.3) is 0 Å². The number of nitrogens with zero attached hydrogens (tertiary/aromatic N) is 1. The first-order valence-electron chi connectivity index (χ1n) is 8.87. The number of H-pyrrole nitrogens is 1. The van der Waals surface area contributed by atoms with Gasteiger partial charge in [-0.3, -0.25) is 5.32 Å². The van der Waals surface area contributed by atoms with Gasteiger partial charge < -0.3 is 14.6 Å². The number of amides is 1. The van der Waals surface area contributed by atoms with E-state index in [-0.39, 0.29) is 5.92 Å². The molecule has 2 aromatic carbocycles. The van der Waals surface area contributed by atoms with Crippen LogP contribution in [-0.4, -0.2) is 29.6 Å². The van der Waals surface area contributed by atoms with Crippen LogP contribution >= 0.6 is 23.2 Å². The van der Waals surface area contributed by atoms with E-state index in [9.17, 15) is 4.79 Å². The standard InChI is InChI=1S/C21H19Cl2N3O2/c1-26-11-18(17-8-14(22)9-20(23)19(17)12-26)13-2-4-15(5-3-13)25-21(27)28-16-6-7-24-10-16/h2-10,18,24H,11-12H2,1H3,(H,25,27). The van der Waals surface area contributed by atoms with E-state index < -0.39 is 6.09 Å². The van der Waals surface area contributed by atoms with Gasteiger partial charge in [0.1, 0.15) is 5.75 Å². The molecule has 1 aliphatic rings. The van der Waals surface area contributed by atoms with E-state index in [1.165, 1.54) is 0 Å². The summed E-state index contributed by atoms with van der Waals surface area (Å²) in [6.45, 7) is 1.67. The van der Waals surface area contributed by atoms with Crippen LogP contribution in [0, 0.1) is 0 Å². The third-order valence-corrected chi connectivity index (χ3v) is 5.39. The molecule has 28 heavy (non-hydrogen) atoms. The number of carbonyl (C=O) groups excluding carboxylic acids is 1. The number of nitrogens with one attached hydrogen (secondary N) is 2. The topological polar surface area (TPSA) is 57.4 Å². The summed E-state index contributed by atoms with van der Waals surface area (Å²) in [6, 6.07) is 13.2. The van der Waals surface area contributed by atoms with Crippen LogP contribution in [0.4, 0.5) is 10.5 Å². The van der Waals surface area contributed by atoms with Crippen molar-refractivity contribution in [3.8, 4) is 5.75 Å². The molecule has 1 amide bonds. The third kappa shape index (κ3) is 4.02. The summed E-state index contributed by atoms with van der Waals surface area (Å²) in [5.41, 5.74) is 4.07. The van der Waals surface area contributed by atoms with Gasteiger partial charge in [0, 0.05) is 47.1 Å². The zero-order chi connectivity index (χ0) is 19.7. The van der Waals surface area contributed by atoms with E-state index in [4.69, 9.17) is 27.9 Å². The zero-order valence-corrected chi connectivity index (χ0v) is 16.7. The Balaban J connectivity index is 1.54. The highest BCUT2D eigenvalue weighted by atomic mass is 35.5. The number of halogens is 2. The van der Waals surface area contributed by atoms with E-state index in [1.807, 2.05) is 30.3 Å². The van der Waals surface area contributed by atoms with Crippen molar-refractivity contribution in [2.45, 2.75) is 12.5 Å². The molecule has 0 saturated heterocycles. The fourth-order valence-electron chi connectivity index (χ4n) is 3.55. The molecule has 1 aromatic heterocycles. The minimum absolute atomic E-state index is 0.158. The Morgan fingerprint density at radius 1 is 1.21 bits per heavy atom. The van der Waals surface area contributed by atoms with Gasteiger partial charge in [0.05, 0.1) is 0 Å². The highest BCUT2D eigenvalue weighted by Crippen LogP contribution is 2.38. The predicted octanol–water partition coefficient (Wildman–Crippen LogP) is 5.51. The Morgan fingerprint density at radius 2 is 2.00 bits per heavy atom. The molecule has 144 valence electrons. The molecule has 1 aliphatic heterocycles. The number of benzene rings is 2. The first-order valence-corrected chi connectivity index (χ1v) is 9.63. The average Bonchev–Trinajstić information content (AvgIpc) is 3.15. The van der Waals surface area contributed by atoms with Crippen molar-refractivity contribution >= 4 is 35.0 Å². The molecule has 0 fully saturated rings. The Bertz CT molecular complexity index is 988. The summed E-state index contributed by atoms with van der Waals surface area (Å²) in [5.74, 6) is 0.621. The second kappa shape index (κ2) is 7.87. The fraction of sp³-hybridized carbons (Fsp3) is 0.190. The van der Waals surface area contributed by atoms with Crippen LogP contribution in [0.2, 0.25) is 10.0 Å². The number of anilines is 1. The summed E-state index contributed by atoms with van der Waals surface area (Å²) in [4.78, 5) is 17.0. The average molecular weight is 416 g/mol. The largest absolute Gasteiger partial charge is 0.417 e. The Kier molecular flexibility index (Phi) is 5.31. The van der Waals surface area contributed by atoms with Crippen molar-refractivity contribution < 1.29 is 9.53 Å². The predicted molar refractivity (Wildman–Crippen MR) is 112 cm³/mol. The number of rotatable bonds is 3. The first kappa shape index (κ1) is 18.9. The van der Waals surface area contributed by atoms with Gasteiger partial charge in [-0.2, -0.15) is 0 Å². The Labute approximate surface area is 173 Å². The molecule has 1 atom stereocenters. The van der Waals surface area contributed by atoms with E-state index >= 15 is 0 Å². The van der Waals surface area contributed by atoms with Crippen molar-refractivity contribution in [3.05, 3.63) is 81.6 Å². The van der Waals surface area contributed by atoms with Crippen LogP contribution in [0.1, 0.15) is 22.6 Å². The SMILES string of the molecule is CN1Cc2c(Cl)cc(Cl)cc2C(c2ccc(NC(=O)Oc3cc[nH]c3)cc2)C1. The molecule has 2 N–H and O–H groups in total. The van der Waals surface area contributed by atoms with Crippen LogP contribution < -0.4 is 10.1 Å². The molecule has 4 rings (SSSR count). The number of carbonyl (C=O) groups is 1. The Hall–Kier alpha value is -2.47. The van der Waals surface area contributed by atoms with Crippen molar-refractivity contribution in [2.24, 2.45) is 0 Å². The molecule has 0 spiro atoms. The maximum Gasteiger partial charge on any atom is 0.417 e. The number of aromatic amines is 1. The highest BCUT2D eigenvalue weighted by molar-refractivity contribution is 6.35. The van der Waals surface area contributed by atoms with Gasteiger partial charge in [0.2, 0.25) is 0 Å². The fourth-order valence-corrected chi connectivity index (χ4v) is 4.12. The maximum absolute atomic E-state index is 12.0. The number of likely N-dealkylation sites (N-methyl/N-ethyl adjacent to an activating group) is 1. The first-order chi connectivity index (χ1) is 13.5. The Morgan fingerprint density at radius 3 is 2.71 bits per heavy atom. The molecule has 0 aliphatic carbocycles. The van der Waals surface area contributed by atoms with Crippen LogP contribution in [0.25, 0.3) is 0 Å². The smallest absolute Gasteiger partial charge is 0.408 e. The minimum atomic E-state index is -0.534. The van der Waals surface area contributed by atoms with E-state index in [2.05, 4.69) is 22.2 Å². The number of fused-ring (bicyclic) bond motifs is 1. The monoisotopic (exact) mass is 415 g/mol. The van der Waals surface area contributed by atoms with Crippen molar-refractivity contribution in [2.75, 3.05) is 18.9 Å². The molecular weight excluding hydrogens is 397 g/mol. The van der Waals surface area contributed by atoms with Crippen LogP contribution in [0.3, 0.4) is 0 Å². The van der Waals surface area contributed by atoms with Crippen LogP contribution in [0.5, 0.6) is 5.75 Å². The van der Waals surface area contributed by atoms with Gasteiger partial charge in [-0.05, 0) is 54.1 Å². The van der Waals surface area contributed by atoms with Crippen LogP contribution in [-0.2, 0) is 6.54 Å². The number of aromatic nitrogens is 1. The van der Waals surface area contributed by atoms with Gasteiger partial charge in [-0.25, -0.2) is 4.79 Å². The molecule has 7 heteroatoms. The second-order valence-electron chi connectivity index (χ2n) is 6.89. The summed E-state index contributed by atoms with van der Waals surface area (Å²) in [6.07, 6.45) is 2.76. The van der Waals surface area contributed by atoms with E-state index in [0.29, 0.717) is 21.5 Å².